The van der Waals surface area contributed by atoms with Crippen molar-refractivity contribution in [3.05, 3.63) is 72.9 Å². The van der Waals surface area contributed by atoms with E-state index < -0.39 is 0 Å². The van der Waals surface area contributed by atoms with Gasteiger partial charge in [-0.2, -0.15) is 0 Å². The highest BCUT2D eigenvalue weighted by Gasteiger charge is 2.18. The molecule has 1 aliphatic heterocycles. The van der Waals surface area contributed by atoms with E-state index in [1.54, 1.807) is 14.0 Å². The van der Waals surface area contributed by atoms with Crippen LogP contribution in [-0.2, 0) is 4.79 Å². The second kappa shape index (κ2) is 9.39. The van der Waals surface area contributed by atoms with Crippen LogP contribution in [0, 0.1) is 0 Å². The zero-order valence-electron chi connectivity index (χ0n) is 19.4. The molecule has 1 amide bonds. The van der Waals surface area contributed by atoms with Gasteiger partial charge in [0.05, 0.1) is 12.6 Å². The Kier molecular flexibility index (Phi) is 5.99. The monoisotopic (exact) mass is 453 g/mol. The Hall–Kier alpha value is -4.13. The van der Waals surface area contributed by atoms with Crippen molar-refractivity contribution < 1.29 is 9.53 Å². The maximum Gasteiger partial charge on any atom is 0.227 e. The number of hydrogen-bond donors (Lipinski definition) is 1. The predicted molar refractivity (Wildman–Crippen MR) is 136 cm³/mol. The molecule has 0 saturated carbocycles. The zero-order chi connectivity index (χ0) is 23.5. The van der Waals surface area contributed by atoms with E-state index in [9.17, 15) is 4.79 Å². The zero-order valence-corrected chi connectivity index (χ0v) is 19.4. The van der Waals surface area contributed by atoms with Crippen molar-refractivity contribution in [2.75, 3.05) is 43.5 Å². The van der Waals surface area contributed by atoms with E-state index in [1.807, 2.05) is 59.6 Å². The van der Waals surface area contributed by atoms with Crippen molar-refractivity contribution in [1.82, 2.24) is 14.9 Å². The molecular formula is C27H27N5O2. The van der Waals surface area contributed by atoms with Crippen LogP contribution in [0.15, 0.2) is 72.9 Å². The van der Waals surface area contributed by atoms with E-state index >= 15 is 0 Å². The molecule has 3 aromatic carbocycles. The first-order valence-electron chi connectivity index (χ1n) is 11.4. The third-order valence-electron chi connectivity index (χ3n) is 6.23. The molecule has 0 spiro atoms. The number of ether oxygens (including phenoxy) is 1. The summed E-state index contributed by atoms with van der Waals surface area (Å²) in [5.74, 6) is 1.52. The van der Waals surface area contributed by atoms with Gasteiger partial charge in [0, 0.05) is 61.6 Å². The average molecular weight is 454 g/mol. The Morgan fingerprint density at radius 1 is 0.941 bits per heavy atom. The molecule has 0 aliphatic carbocycles. The Bertz CT molecular complexity index is 1300. The summed E-state index contributed by atoms with van der Waals surface area (Å²) < 4.78 is 5.28. The van der Waals surface area contributed by atoms with Gasteiger partial charge in [0.1, 0.15) is 5.75 Å². The standard InChI is InChI=1S/C27H27N5O2/c1-19(33)31-14-16-32(17-15-31)23-10-8-22(9-11-23)29-27-28-18-21-4-3-5-25(26(21)30-27)20-6-12-24(34-2)13-7-20/h3-13,18H,14-17H2,1-2H3,(H,28,29,30). The molecule has 34 heavy (non-hydrogen) atoms. The smallest absolute Gasteiger partial charge is 0.227 e. The van der Waals surface area contributed by atoms with Gasteiger partial charge in [-0.25, -0.2) is 9.97 Å². The number of fused-ring (bicyclic) bond motifs is 1. The van der Waals surface area contributed by atoms with Gasteiger partial charge in [-0.05, 0) is 42.0 Å². The van der Waals surface area contributed by atoms with Crippen LogP contribution >= 0.6 is 0 Å². The molecule has 0 bridgehead atoms. The van der Waals surface area contributed by atoms with Crippen LogP contribution < -0.4 is 15.0 Å². The SMILES string of the molecule is COc1ccc(-c2cccc3cnc(Nc4ccc(N5CCN(C(C)=O)CC5)cc4)nc23)cc1. The first-order valence-corrected chi connectivity index (χ1v) is 11.4. The number of methoxy groups -OCH3 is 1. The lowest BCUT2D eigenvalue weighted by Gasteiger charge is -2.35. The van der Waals surface area contributed by atoms with Crippen LogP contribution in [0.1, 0.15) is 6.92 Å². The maximum atomic E-state index is 11.6. The minimum atomic E-state index is 0.143. The molecule has 7 heteroatoms. The Labute approximate surface area is 199 Å². The van der Waals surface area contributed by atoms with E-state index in [0.29, 0.717) is 5.95 Å². The quantitative estimate of drug-likeness (QED) is 0.472. The van der Waals surface area contributed by atoms with Crippen molar-refractivity contribution in [2.45, 2.75) is 6.92 Å². The maximum absolute atomic E-state index is 11.6. The highest BCUT2D eigenvalue weighted by atomic mass is 16.5. The van der Waals surface area contributed by atoms with Crippen LogP contribution in [0.2, 0.25) is 0 Å². The first-order chi connectivity index (χ1) is 16.6. The summed E-state index contributed by atoms with van der Waals surface area (Å²) in [6.45, 7) is 4.83. The lowest BCUT2D eigenvalue weighted by Crippen LogP contribution is -2.48. The van der Waals surface area contributed by atoms with Gasteiger partial charge in [0.15, 0.2) is 0 Å². The third-order valence-corrected chi connectivity index (χ3v) is 6.23. The van der Waals surface area contributed by atoms with Gasteiger partial charge in [0.25, 0.3) is 0 Å². The van der Waals surface area contributed by atoms with Crippen LogP contribution in [0.25, 0.3) is 22.0 Å². The van der Waals surface area contributed by atoms with Crippen molar-refractivity contribution in [1.29, 1.82) is 0 Å². The summed E-state index contributed by atoms with van der Waals surface area (Å²) in [4.78, 5) is 25.1. The molecule has 7 nitrogen and oxygen atoms in total. The van der Waals surface area contributed by atoms with Gasteiger partial charge >= 0.3 is 0 Å². The predicted octanol–water partition coefficient (Wildman–Crippen LogP) is 4.72. The fourth-order valence-corrected chi connectivity index (χ4v) is 4.28. The molecule has 2 heterocycles. The number of carbonyl (C=O) groups excluding carboxylic acids is 1. The summed E-state index contributed by atoms with van der Waals surface area (Å²) >= 11 is 0. The molecule has 1 saturated heterocycles. The number of aromatic nitrogens is 2. The number of carbonyl (C=O) groups is 1. The normalized spacial score (nSPS) is 13.7. The van der Waals surface area contributed by atoms with E-state index in [2.05, 4.69) is 33.4 Å². The minimum Gasteiger partial charge on any atom is -0.497 e. The fraction of sp³-hybridized carbons (Fsp3) is 0.222. The Balaban J connectivity index is 1.34. The summed E-state index contributed by atoms with van der Waals surface area (Å²) in [6, 6.07) is 22.4. The van der Waals surface area contributed by atoms with E-state index in [0.717, 1.165) is 65.3 Å². The first kappa shape index (κ1) is 21.7. The van der Waals surface area contributed by atoms with E-state index in [4.69, 9.17) is 9.72 Å². The van der Waals surface area contributed by atoms with Crippen LogP contribution in [0.4, 0.5) is 17.3 Å². The number of amides is 1. The number of anilines is 3. The number of hydrogen-bond acceptors (Lipinski definition) is 6. The molecule has 1 aliphatic rings. The second-order valence-corrected chi connectivity index (χ2v) is 8.33. The average Bonchev–Trinajstić information content (AvgIpc) is 2.89. The van der Waals surface area contributed by atoms with Crippen molar-refractivity contribution >= 4 is 34.1 Å². The third kappa shape index (κ3) is 4.50. The largest absolute Gasteiger partial charge is 0.497 e. The topological polar surface area (TPSA) is 70.6 Å². The molecule has 0 radical (unpaired) electrons. The van der Waals surface area contributed by atoms with E-state index in [1.165, 1.54) is 0 Å². The van der Waals surface area contributed by atoms with Gasteiger partial charge in [-0.15, -0.1) is 0 Å². The number of para-hydroxylation sites is 1. The highest BCUT2D eigenvalue weighted by molar-refractivity contribution is 5.94. The summed E-state index contributed by atoms with van der Waals surface area (Å²) in [5, 5.41) is 4.32. The Morgan fingerprint density at radius 3 is 2.35 bits per heavy atom. The van der Waals surface area contributed by atoms with Crippen LogP contribution in [0.3, 0.4) is 0 Å². The van der Waals surface area contributed by atoms with Crippen molar-refractivity contribution in [2.24, 2.45) is 0 Å². The molecule has 0 atom stereocenters. The summed E-state index contributed by atoms with van der Waals surface area (Å²) in [5.41, 5.74) is 5.09. The van der Waals surface area contributed by atoms with E-state index in [-0.39, 0.29) is 5.91 Å². The van der Waals surface area contributed by atoms with Crippen LogP contribution in [-0.4, -0.2) is 54.1 Å². The molecule has 1 aromatic heterocycles. The molecular weight excluding hydrogens is 426 g/mol. The fourth-order valence-electron chi connectivity index (χ4n) is 4.28. The molecule has 0 unspecified atom stereocenters. The molecule has 5 rings (SSSR count). The highest BCUT2D eigenvalue weighted by Crippen LogP contribution is 2.29. The van der Waals surface area contributed by atoms with Gasteiger partial charge in [-0.1, -0.05) is 30.3 Å². The van der Waals surface area contributed by atoms with Gasteiger partial charge in [0.2, 0.25) is 11.9 Å². The molecule has 1 fully saturated rings. The molecule has 4 aromatic rings. The number of nitrogens with one attached hydrogen (secondary N) is 1. The number of piperazine rings is 1. The van der Waals surface area contributed by atoms with Crippen LogP contribution in [0.5, 0.6) is 5.75 Å². The lowest BCUT2D eigenvalue weighted by atomic mass is 10.0. The number of benzene rings is 3. The molecule has 1 N–H and O–H groups in total. The Morgan fingerprint density at radius 2 is 1.68 bits per heavy atom. The minimum absolute atomic E-state index is 0.143. The van der Waals surface area contributed by atoms with Crippen molar-refractivity contribution in [3.8, 4) is 16.9 Å². The number of rotatable bonds is 5. The summed E-state index contributed by atoms with van der Waals surface area (Å²) in [6.07, 6.45) is 1.85. The van der Waals surface area contributed by atoms with Gasteiger partial charge in [-0.3, -0.25) is 4.79 Å². The van der Waals surface area contributed by atoms with Crippen molar-refractivity contribution in [3.63, 3.8) is 0 Å². The molecule has 172 valence electrons. The van der Waals surface area contributed by atoms with Gasteiger partial charge < -0.3 is 19.9 Å². The summed E-state index contributed by atoms with van der Waals surface area (Å²) in [7, 11) is 1.67. The number of nitrogens with zero attached hydrogens (tertiary/aromatic N) is 4. The lowest BCUT2D eigenvalue weighted by molar-refractivity contribution is -0.129. The second-order valence-electron chi connectivity index (χ2n) is 8.33.